The van der Waals surface area contributed by atoms with E-state index in [1.54, 1.807) is 11.0 Å². The second kappa shape index (κ2) is 9.80. The van der Waals surface area contributed by atoms with E-state index in [0.717, 1.165) is 44.3 Å². The lowest BCUT2D eigenvalue weighted by Gasteiger charge is -2.34. The van der Waals surface area contributed by atoms with Crippen molar-refractivity contribution in [1.82, 2.24) is 4.90 Å². The summed E-state index contributed by atoms with van der Waals surface area (Å²) in [6.45, 7) is 6.57. The molecule has 1 aromatic carbocycles. The SMILES string of the molecule is CC1(C)CCC(COc2cc(F)c(C(=O)N3CCCC3)cc2C2CC2)CC1.O=CO. The molecule has 0 unspecified atom stereocenters. The molecule has 1 heterocycles. The number of carbonyl (C=O) groups excluding carboxylic acids is 1. The molecule has 1 amide bonds. The Labute approximate surface area is 178 Å². The third-order valence-corrected chi connectivity index (χ3v) is 6.67. The predicted octanol–water partition coefficient (Wildman–Crippen LogP) is 5.24. The van der Waals surface area contributed by atoms with Gasteiger partial charge in [0.05, 0.1) is 12.2 Å². The van der Waals surface area contributed by atoms with Crippen molar-refractivity contribution in [1.29, 1.82) is 0 Å². The van der Waals surface area contributed by atoms with E-state index in [4.69, 9.17) is 14.6 Å². The summed E-state index contributed by atoms with van der Waals surface area (Å²) < 4.78 is 20.9. The Morgan fingerprint density at radius 1 is 1.20 bits per heavy atom. The van der Waals surface area contributed by atoms with Crippen LogP contribution in [0.3, 0.4) is 0 Å². The topological polar surface area (TPSA) is 66.8 Å². The number of halogens is 1. The number of likely N-dealkylation sites (tertiary alicyclic amines) is 1. The molecule has 0 atom stereocenters. The van der Waals surface area contributed by atoms with Crippen LogP contribution in [0, 0.1) is 17.2 Å². The Bertz CT molecular complexity index is 744. The van der Waals surface area contributed by atoms with Crippen molar-refractivity contribution in [2.75, 3.05) is 19.7 Å². The van der Waals surface area contributed by atoms with Gasteiger partial charge >= 0.3 is 0 Å². The molecule has 2 saturated carbocycles. The highest BCUT2D eigenvalue weighted by Crippen LogP contribution is 2.46. The van der Waals surface area contributed by atoms with Crippen LogP contribution in [0.15, 0.2) is 12.1 Å². The van der Waals surface area contributed by atoms with Crippen molar-refractivity contribution in [2.45, 2.75) is 71.1 Å². The average molecular weight is 420 g/mol. The number of hydrogen-bond donors (Lipinski definition) is 1. The number of nitrogens with zero attached hydrogens (tertiary/aromatic N) is 1. The molecule has 5 nitrogen and oxygen atoms in total. The number of amides is 1. The maximum Gasteiger partial charge on any atom is 0.290 e. The molecule has 0 bridgehead atoms. The Kier molecular flexibility index (Phi) is 7.37. The van der Waals surface area contributed by atoms with Crippen molar-refractivity contribution in [2.24, 2.45) is 11.3 Å². The van der Waals surface area contributed by atoms with Crippen LogP contribution in [0.5, 0.6) is 5.75 Å². The lowest BCUT2D eigenvalue weighted by atomic mass is 9.73. The largest absolute Gasteiger partial charge is 0.493 e. The van der Waals surface area contributed by atoms with Crippen LogP contribution in [-0.2, 0) is 4.79 Å². The van der Waals surface area contributed by atoms with Gasteiger partial charge in [0.25, 0.3) is 12.4 Å². The fraction of sp³-hybridized carbons (Fsp3) is 0.667. The molecular weight excluding hydrogens is 385 g/mol. The monoisotopic (exact) mass is 419 g/mol. The molecule has 1 aliphatic heterocycles. The third kappa shape index (κ3) is 5.73. The average Bonchev–Trinajstić information content (AvgIpc) is 3.40. The Balaban J connectivity index is 0.000000806. The fourth-order valence-corrected chi connectivity index (χ4v) is 4.50. The van der Waals surface area contributed by atoms with Crippen LogP contribution >= 0.6 is 0 Å². The van der Waals surface area contributed by atoms with Crippen molar-refractivity contribution in [3.8, 4) is 5.75 Å². The van der Waals surface area contributed by atoms with Crippen LogP contribution in [0.2, 0.25) is 0 Å². The molecule has 2 aliphatic carbocycles. The zero-order valence-corrected chi connectivity index (χ0v) is 18.2. The molecule has 0 spiro atoms. The fourth-order valence-electron chi connectivity index (χ4n) is 4.50. The van der Waals surface area contributed by atoms with E-state index in [2.05, 4.69) is 13.8 Å². The van der Waals surface area contributed by atoms with Gasteiger partial charge in [0.15, 0.2) is 0 Å². The molecule has 166 valence electrons. The first-order chi connectivity index (χ1) is 14.3. The van der Waals surface area contributed by atoms with E-state index >= 15 is 0 Å². The van der Waals surface area contributed by atoms with E-state index in [1.165, 1.54) is 31.7 Å². The van der Waals surface area contributed by atoms with Gasteiger partial charge in [-0.25, -0.2) is 4.39 Å². The molecule has 1 saturated heterocycles. The van der Waals surface area contributed by atoms with Crippen molar-refractivity contribution < 1.29 is 23.8 Å². The normalized spacial score (nSPS) is 21.0. The Morgan fingerprint density at radius 3 is 2.37 bits per heavy atom. The van der Waals surface area contributed by atoms with Crippen molar-refractivity contribution in [3.05, 3.63) is 29.1 Å². The summed E-state index contributed by atoms with van der Waals surface area (Å²) in [6, 6.07) is 3.26. The Morgan fingerprint density at radius 2 is 1.80 bits per heavy atom. The van der Waals surface area contributed by atoms with Gasteiger partial charge in [0.1, 0.15) is 11.6 Å². The van der Waals surface area contributed by atoms with E-state index in [-0.39, 0.29) is 17.9 Å². The van der Waals surface area contributed by atoms with Gasteiger partial charge in [-0.05, 0) is 80.2 Å². The minimum absolute atomic E-state index is 0.159. The van der Waals surface area contributed by atoms with Gasteiger partial charge < -0.3 is 14.7 Å². The maximum atomic E-state index is 14.8. The quantitative estimate of drug-likeness (QED) is 0.663. The van der Waals surface area contributed by atoms with E-state index in [0.29, 0.717) is 29.6 Å². The van der Waals surface area contributed by atoms with Crippen LogP contribution < -0.4 is 4.74 Å². The first-order valence-corrected chi connectivity index (χ1v) is 11.2. The molecule has 0 radical (unpaired) electrons. The molecule has 3 aliphatic rings. The number of carboxylic acid groups (broad SMARTS) is 1. The second-order valence-electron chi connectivity index (χ2n) is 9.67. The highest BCUT2D eigenvalue weighted by atomic mass is 19.1. The molecular formula is C24H34FNO4. The molecule has 1 N–H and O–H groups in total. The van der Waals surface area contributed by atoms with Gasteiger partial charge in [-0.15, -0.1) is 0 Å². The summed E-state index contributed by atoms with van der Waals surface area (Å²) in [6.07, 6.45) is 9.07. The van der Waals surface area contributed by atoms with Crippen molar-refractivity contribution in [3.63, 3.8) is 0 Å². The summed E-state index contributed by atoms with van der Waals surface area (Å²) in [4.78, 5) is 22.8. The summed E-state index contributed by atoms with van der Waals surface area (Å²) in [5.74, 6) is 1.05. The van der Waals surface area contributed by atoms with Gasteiger partial charge in [-0.1, -0.05) is 13.8 Å². The number of rotatable bonds is 5. The first-order valence-electron chi connectivity index (χ1n) is 11.2. The van der Waals surface area contributed by atoms with Crippen LogP contribution in [0.4, 0.5) is 4.39 Å². The minimum Gasteiger partial charge on any atom is -0.493 e. The third-order valence-electron chi connectivity index (χ3n) is 6.67. The first kappa shape index (κ1) is 22.6. The van der Waals surface area contributed by atoms with Crippen LogP contribution in [0.1, 0.15) is 87.1 Å². The summed E-state index contributed by atoms with van der Waals surface area (Å²) in [5.41, 5.74) is 1.71. The maximum absolute atomic E-state index is 14.8. The molecule has 30 heavy (non-hydrogen) atoms. The highest BCUT2D eigenvalue weighted by molar-refractivity contribution is 5.95. The molecule has 6 heteroatoms. The van der Waals surface area contributed by atoms with Gasteiger partial charge in [-0.3, -0.25) is 9.59 Å². The van der Waals surface area contributed by atoms with Gasteiger partial charge in [0.2, 0.25) is 0 Å². The standard InChI is InChI=1S/C23H32FNO2.CH2O2/c1-23(2)9-7-16(8-10-23)15-27-21-14-20(24)19(13-18(21)17-5-6-17)22(26)25-11-3-4-12-25;2-1-3/h13-14,16-17H,3-12,15H2,1-2H3;1H,(H,2,3). The lowest BCUT2D eigenvalue weighted by Crippen LogP contribution is -2.28. The molecule has 4 rings (SSSR count). The van der Waals surface area contributed by atoms with Gasteiger partial charge in [0, 0.05) is 19.2 Å². The smallest absolute Gasteiger partial charge is 0.290 e. The number of carbonyl (C=O) groups is 2. The molecule has 1 aromatic rings. The van der Waals surface area contributed by atoms with Gasteiger partial charge in [-0.2, -0.15) is 0 Å². The molecule has 0 aromatic heterocycles. The minimum atomic E-state index is -0.434. The Hall–Kier alpha value is -2.11. The van der Waals surface area contributed by atoms with Crippen LogP contribution in [-0.4, -0.2) is 42.1 Å². The second-order valence-corrected chi connectivity index (χ2v) is 9.67. The van der Waals surface area contributed by atoms with E-state index in [9.17, 15) is 9.18 Å². The molecule has 3 fully saturated rings. The zero-order valence-electron chi connectivity index (χ0n) is 18.2. The van der Waals surface area contributed by atoms with Crippen LogP contribution in [0.25, 0.3) is 0 Å². The summed E-state index contributed by atoms with van der Waals surface area (Å²) >= 11 is 0. The summed E-state index contributed by atoms with van der Waals surface area (Å²) in [7, 11) is 0. The predicted molar refractivity (Wildman–Crippen MR) is 113 cm³/mol. The summed E-state index contributed by atoms with van der Waals surface area (Å²) in [5, 5.41) is 6.89. The van der Waals surface area contributed by atoms with E-state index < -0.39 is 5.82 Å². The lowest BCUT2D eigenvalue weighted by molar-refractivity contribution is -0.122. The highest BCUT2D eigenvalue weighted by Gasteiger charge is 2.32. The number of ether oxygens (including phenoxy) is 1. The number of benzene rings is 1. The van der Waals surface area contributed by atoms with Crippen molar-refractivity contribution >= 4 is 12.4 Å². The van der Waals surface area contributed by atoms with E-state index in [1.807, 2.05) is 0 Å². The number of hydrogen-bond acceptors (Lipinski definition) is 3. The zero-order chi connectivity index (χ0) is 21.7.